The molecule has 0 atom stereocenters. The minimum atomic E-state index is -3.55. The molecule has 2 saturated heterocycles. The Bertz CT molecular complexity index is 998. The van der Waals surface area contributed by atoms with Crippen molar-refractivity contribution < 1.29 is 17.6 Å². The van der Waals surface area contributed by atoms with Crippen LogP contribution in [0.3, 0.4) is 0 Å². The van der Waals surface area contributed by atoms with Crippen molar-refractivity contribution in [3.8, 4) is 17.5 Å². The van der Waals surface area contributed by atoms with Gasteiger partial charge < -0.3 is 19.0 Å². The monoisotopic (exact) mass is 417 g/mol. The number of hydrogen-bond donors (Lipinski definition) is 0. The molecule has 2 aromatic rings. The Balaban J connectivity index is 1.57. The lowest BCUT2D eigenvalue weighted by Crippen LogP contribution is -2.44. The van der Waals surface area contributed by atoms with E-state index in [4.69, 9.17) is 9.15 Å². The number of morpholine rings is 1. The van der Waals surface area contributed by atoms with E-state index < -0.39 is 10.0 Å². The van der Waals surface area contributed by atoms with Crippen molar-refractivity contribution in [1.29, 1.82) is 5.26 Å². The van der Waals surface area contributed by atoms with Gasteiger partial charge in [-0.05, 0) is 31.3 Å². The van der Waals surface area contributed by atoms with Gasteiger partial charge in [-0.25, -0.2) is 8.42 Å². The third-order valence-corrected chi connectivity index (χ3v) is 7.13. The molecule has 0 spiro atoms. The van der Waals surface area contributed by atoms with Crippen LogP contribution in [-0.2, 0) is 14.8 Å². The van der Waals surface area contributed by atoms with Crippen molar-refractivity contribution in [2.75, 3.05) is 64.4 Å². The lowest BCUT2D eigenvalue weighted by molar-refractivity contribution is 0.0730. The molecular formula is C19H23N5O4S. The number of hydrogen-bond acceptors (Lipinski definition) is 8. The summed E-state index contributed by atoms with van der Waals surface area (Å²) in [5.74, 6) is 0.784. The number of nitrogens with zero attached hydrogens (tertiary/aromatic N) is 5. The third kappa shape index (κ3) is 4.00. The van der Waals surface area contributed by atoms with Crippen LogP contribution in [0.25, 0.3) is 11.5 Å². The van der Waals surface area contributed by atoms with Gasteiger partial charge >= 0.3 is 0 Å². The molecule has 2 aliphatic rings. The van der Waals surface area contributed by atoms with Crippen LogP contribution in [0.4, 0.5) is 5.88 Å². The van der Waals surface area contributed by atoms with Gasteiger partial charge in [0.2, 0.25) is 27.5 Å². The summed E-state index contributed by atoms with van der Waals surface area (Å²) in [5.41, 5.74) is 0.873. The smallest absolute Gasteiger partial charge is 0.243 e. The first kappa shape index (κ1) is 19.8. The summed E-state index contributed by atoms with van der Waals surface area (Å²) in [6.45, 7) is 4.80. The van der Waals surface area contributed by atoms with Gasteiger partial charge in [-0.15, -0.1) is 0 Å². The van der Waals surface area contributed by atoms with Gasteiger partial charge in [-0.2, -0.15) is 14.6 Å². The second-order valence-electron chi connectivity index (χ2n) is 7.12. The zero-order chi connectivity index (χ0) is 20.4. The Morgan fingerprint density at radius 2 is 1.69 bits per heavy atom. The fraction of sp³-hybridized carbons (Fsp3) is 0.474. The van der Waals surface area contributed by atoms with E-state index in [1.807, 2.05) is 4.90 Å². The van der Waals surface area contributed by atoms with E-state index in [0.29, 0.717) is 43.6 Å². The summed E-state index contributed by atoms with van der Waals surface area (Å²) in [6.07, 6.45) is 0. The molecule has 0 amide bonds. The average Bonchev–Trinajstić information content (AvgIpc) is 3.19. The van der Waals surface area contributed by atoms with Crippen LogP contribution in [0.15, 0.2) is 33.6 Å². The SMILES string of the molecule is CN1CCN(c2oc(-c3ccc(S(=O)(=O)N4CCOCC4)cc3)nc2C#N)CC1. The Morgan fingerprint density at radius 1 is 1.03 bits per heavy atom. The molecule has 1 aromatic carbocycles. The molecule has 154 valence electrons. The van der Waals surface area contributed by atoms with Crippen molar-refractivity contribution in [3.05, 3.63) is 30.0 Å². The van der Waals surface area contributed by atoms with Crippen LogP contribution in [0.1, 0.15) is 5.69 Å². The Labute approximate surface area is 170 Å². The van der Waals surface area contributed by atoms with Crippen LogP contribution in [0.5, 0.6) is 0 Å². The maximum atomic E-state index is 12.8. The topological polar surface area (TPSA) is 103 Å². The van der Waals surface area contributed by atoms with Crippen LogP contribution in [0.2, 0.25) is 0 Å². The van der Waals surface area contributed by atoms with Gasteiger partial charge in [-0.3, -0.25) is 0 Å². The van der Waals surface area contributed by atoms with Crippen LogP contribution in [0, 0.1) is 11.3 Å². The standard InChI is InChI=1S/C19H23N5O4S/c1-22-6-8-23(9-7-22)19-17(14-20)21-18(28-19)15-2-4-16(5-3-15)29(25,26)24-10-12-27-13-11-24/h2-5H,6-13H2,1H3. The summed E-state index contributed by atoms with van der Waals surface area (Å²) in [6, 6.07) is 8.51. The van der Waals surface area contributed by atoms with E-state index in [-0.39, 0.29) is 10.6 Å². The molecule has 0 N–H and O–H groups in total. The zero-order valence-corrected chi connectivity index (χ0v) is 17.1. The highest BCUT2D eigenvalue weighted by atomic mass is 32.2. The summed E-state index contributed by atoms with van der Waals surface area (Å²) >= 11 is 0. The van der Waals surface area contributed by atoms with E-state index >= 15 is 0 Å². The fourth-order valence-corrected chi connectivity index (χ4v) is 4.85. The third-order valence-electron chi connectivity index (χ3n) is 5.21. The molecule has 3 heterocycles. The van der Waals surface area contributed by atoms with Gasteiger partial charge in [0.05, 0.1) is 18.1 Å². The highest BCUT2D eigenvalue weighted by Gasteiger charge is 2.27. The molecule has 1 aromatic heterocycles. The fourth-order valence-electron chi connectivity index (χ4n) is 3.44. The summed E-state index contributed by atoms with van der Waals surface area (Å²) in [4.78, 5) is 8.77. The number of sulfonamides is 1. The van der Waals surface area contributed by atoms with Crippen molar-refractivity contribution >= 4 is 15.9 Å². The Kier molecular flexibility index (Phi) is 5.56. The first-order valence-corrected chi connectivity index (χ1v) is 11.0. The first-order chi connectivity index (χ1) is 14.0. The number of likely N-dealkylation sites (N-methyl/N-ethyl adjacent to an activating group) is 1. The minimum absolute atomic E-state index is 0.217. The molecule has 29 heavy (non-hydrogen) atoms. The second kappa shape index (κ2) is 8.12. The average molecular weight is 417 g/mol. The maximum Gasteiger partial charge on any atom is 0.243 e. The predicted molar refractivity (Wildman–Crippen MR) is 106 cm³/mol. The Hall–Kier alpha value is -2.45. The number of piperazine rings is 1. The number of anilines is 1. The summed E-state index contributed by atoms with van der Waals surface area (Å²) < 4.78 is 38.1. The van der Waals surface area contributed by atoms with E-state index in [2.05, 4.69) is 23.0 Å². The molecule has 0 unspecified atom stereocenters. The number of nitriles is 1. The second-order valence-corrected chi connectivity index (χ2v) is 9.05. The highest BCUT2D eigenvalue weighted by molar-refractivity contribution is 7.89. The van der Waals surface area contributed by atoms with Crippen molar-refractivity contribution in [2.24, 2.45) is 0 Å². The molecule has 4 rings (SSSR count). The van der Waals surface area contributed by atoms with Gasteiger partial charge in [0, 0.05) is 44.8 Å². The van der Waals surface area contributed by atoms with Crippen molar-refractivity contribution in [2.45, 2.75) is 4.90 Å². The van der Waals surface area contributed by atoms with Gasteiger partial charge in [-0.1, -0.05) is 0 Å². The number of rotatable bonds is 4. The first-order valence-electron chi connectivity index (χ1n) is 9.52. The van der Waals surface area contributed by atoms with E-state index in [0.717, 1.165) is 26.2 Å². The molecule has 0 radical (unpaired) electrons. The molecular weight excluding hydrogens is 394 g/mol. The normalized spacial score (nSPS) is 19.2. The lowest BCUT2D eigenvalue weighted by atomic mass is 10.2. The van der Waals surface area contributed by atoms with Crippen molar-refractivity contribution in [1.82, 2.24) is 14.2 Å². The largest absolute Gasteiger partial charge is 0.419 e. The molecule has 2 fully saturated rings. The molecule has 2 aliphatic heterocycles. The van der Waals surface area contributed by atoms with Gasteiger partial charge in [0.1, 0.15) is 6.07 Å². The number of ether oxygens (including phenoxy) is 1. The van der Waals surface area contributed by atoms with Gasteiger partial charge in [0.25, 0.3) is 0 Å². The molecule has 10 heteroatoms. The number of aromatic nitrogens is 1. The Morgan fingerprint density at radius 3 is 2.31 bits per heavy atom. The quantitative estimate of drug-likeness (QED) is 0.726. The highest BCUT2D eigenvalue weighted by Crippen LogP contribution is 2.29. The van der Waals surface area contributed by atoms with E-state index in [1.165, 1.54) is 4.31 Å². The van der Waals surface area contributed by atoms with Crippen LogP contribution >= 0.6 is 0 Å². The van der Waals surface area contributed by atoms with Crippen LogP contribution < -0.4 is 4.90 Å². The molecule has 0 saturated carbocycles. The predicted octanol–water partition coefficient (Wildman–Crippen LogP) is 0.986. The molecule has 0 bridgehead atoms. The molecule has 9 nitrogen and oxygen atoms in total. The lowest BCUT2D eigenvalue weighted by Gasteiger charge is -2.31. The minimum Gasteiger partial charge on any atom is -0.419 e. The van der Waals surface area contributed by atoms with E-state index in [1.54, 1.807) is 24.3 Å². The number of benzene rings is 1. The number of oxazole rings is 1. The van der Waals surface area contributed by atoms with Crippen molar-refractivity contribution in [3.63, 3.8) is 0 Å². The van der Waals surface area contributed by atoms with Crippen LogP contribution in [-0.4, -0.2) is 82.1 Å². The maximum absolute atomic E-state index is 12.8. The van der Waals surface area contributed by atoms with Gasteiger partial charge in [0.15, 0.2) is 0 Å². The summed E-state index contributed by atoms with van der Waals surface area (Å²) in [5, 5.41) is 9.45. The van der Waals surface area contributed by atoms with E-state index in [9.17, 15) is 13.7 Å². The summed E-state index contributed by atoms with van der Waals surface area (Å²) in [7, 11) is -1.50. The molecule has 0 aliphatic carbocycles. The zero-order valence-electron chi connectivity index (χ0n) is 16.2.